The van der Waals surface area contributed by atoms with E-state index in [1.807, 2.05) is 0 Å². The van der Waals surface area contributed by atoms with E-state index in [-0.39, 0.29) is 23.7 Å². The summed E-state index contributed by atoms with van der Waals surface area (Å²) in [5, 5.41) is 5.14. The maximum absolute atomic E-state index is 14.5. The molecule has 124 valence electrons. The molecular formula is C18H12Cl4FN. The summed E-state index contributed by atoms with van der Waals surface area (Å²) < 4.78 is 14.5. The third kappa shape index (κ3) is 2.43. The summed E-state index contributed by atoms with van der Waals surface area (Å²) in [5.74, 6) is -0.213. The van der Waals surface area contributed by atoms with E-state index in [1.165, 1.54) is 6.07 Å². The Hall–Kier alpha value is -0.930. The second-order valence-corrected chi connectivity index (χ2v) is 7.65. The van der Waals surface area contributed by atoms with Gasteiger partial charge in [0.1, 0.15) is 5.82 Å². The highest BCUT2D eigenvalue weighted by Crippen LogP contribution is 2.55. The van der Waals surface area contributed by atoms with Crippen molar-refractivity contribution in [2.45, 2.75) is 18.4 Å². The van der Waals surface area contributed by atoms with E-state index in [4.69, 9.17) is 46.4 Å². The van der Waals surface area contributed by atoms with Gasteiger partial charge >= 0.3 is 0 Å². The Kier molecular flexibility index (Phi) is 4.20. The van der Waals surface area contributed by atoms with Gasteiger partial charge in [0.25, 0.3) is 0 Å². The summed E-state index contributed by atoms with van der Waals surface area (Å²) in [6.45, 7) is 0. The zero-order valence-electron chi connectivity index (χ0n) is 12.3. The van der Waals surface area contributed by atoms with Crippen LogP contribution in [0.5, 0.6) is 0 Å². The number of benzene rings is 2. The smallest absolute Gasteiger partial charge is 0.129 e. The van der Waals surface area contributed by atoms with Crippen LogP contribution < -0.4 is 5.32 Å². The Morgan fingerprint density at radius 1 is 1.00 bits per heavy atom. The third-order valence-corrected chi connectivity index (χ3v) is 6.22. The minimum absolute atomic E-state index is 0.0191. The van der Waals surface area contributed by atoms with E-state index in [1.54, 1.807) is 18.2 Å². The predicted octanol–water partition coefficient (Wildman–Crippen LogP) is 7.27. The zero-order chi connectivity index (χ0) is 17.0. The number of anilines is 1. The molecule has 2 aliphatic rings. The molecule has 0 unspecified atom stereocenters. The Balaban J connectivity index is 1.92. The molecule has 0 spiro atoms. The van der Waals surface area contributed by atoms with Crippen LogP contribution in [0.1, 0.15) is 29.5 Å². The summed E-state index contributed by atoms with van der Waals surface area (Å²) in [4.78, 5) is 0. The molecule has 1 aliphatic heterocycles. The van der Waals surface area contributed by atoms with Gasteiger partial charge in [0.2, 0.25) is 0 Å². The van der Waals surface area contributed by atoms with Crippen LogP contribution in [-0.4, -0.2) is 0 Å². The van der Waals surface area contributed by atoms with Gasteiger partial charge in [-0.3, -0.25) is 0 Å². The molecule has 0 amide bonds. The van der Waals surface area contributed by atoms with Crippen molar-refractivity contribution in [1.82, 2.24) is 0 Å². The summed E-state index contributed by atoms with van der Waals surface area (Å²) in [5.41, 5.74) is 2.03. The molecule has 1 aliphatic carbocycles. The average molecular weight is 403 g/mol. The van der Waals surface area contributed by atoms with Gasteiger partial charge in [-0.05, 0) is 30.5 Å². The minimum Gasteiger partial charge on any atom is -0.376 e. The molecule has 3 atom stereocenters. The third-order valence-electron chi connectivity index (χ3n) is 4.79. The van der Waals surface area contributed by atoms with Crippen molar-refractivity contribution in [1.29, 1.82) is 0 Å². The van der Waals surface area contributed by atoms with Crippen LogP contribution in [-0.2, 0) is 0 Å². The number of allylic oxidation sites excluding steroid dienone is 2. The first kappa shape index (κ1) is 16.5. The molecule has 6 heteroatoms. The summed E-state index contributed by atoms with van der Waals surface area (Å²) in [6, 6.07) is 6.04. The Labute approximate surface area is 159 Å². The van der Waals surface area contributed by atoms with Crippen molar-refractivity contribution in [3.63, 3.8) is 0 Å². The van der Waals surface area contributed by atoms with Gasteiger partial charge in [-0.1, -0.05) is 64.6 Å². The van der Waals surface area contributed by atoms with Crippen LogP contribution in [0.3, 0.4) is 0 Å². The molecule has 0 radical (unpaired) electrons. The molecule has 24 heavy (non-hydrogen) atoms. The van der Waals surface area contributed by atoms with Crippen molar-refractivity contribution in [3.05, 3.63) is 73.5 Å². The summed E-state index contributed by atoms with van der Waals surface area (Å²) in [7, 11) is 0. The number of hydrogen-bond donors (Lipinski definition) is 1. The lowest BCUT2D eigenvalue weighted by Crippen LogP contribution is -2.30. The zero-order valence-corrected chi connectivity index (χ0v) is 15.3. The molecule has 0 aromatic heterocycles. The van der Waals surface area contributed by atoms with Gasteiger partial charge < -0.3 is 5.32 Å². The van der Waals surface area contributed by atoms with E-state index >= 15 is 0 Å². The second-order valence-electron chi connectivity index (χ2n) is 6.05. The first-order valence-electron chi connectivity index (χ1n) is 7.53. The number of rotatable bonds is 1. The van der Waals surface area contributed by atoms with Crippen molar-refractivity contribution in [2.75, 3.05) is 5.32 Å². The van der Waals surface area contributed by atoms with Crippen LogP contribution in [0.15, 0.2) is 36.4 Å². The lowest BCUT2D eigenvalue weighted by atomic mass is 9.77. The van der Waals surface area contributed by atoms with Crippen molar-refractivity contribution in [3.8, 4) is 0 Å². The van der Waals surface area contributed by atoms with Crippen molar-refractivity contribution >= 4 is 52.1 Å². The molecule has 0 bridgehead atoms. The predicted molar refractivity (Wildman–Crippen MR) is 99.2 cm³/mol. The fourth-order valence-electron chi connectivity index (χ4n) is 3.76. The van der Waals surface area contributed by atoms with Gasteiger partial charge in [-0.15, -0.1) is 0 Å². The van der Waals surface area contributed by atoms with Gasteiger partial charge in [-0.25, -0.2) is 4.39 Å². The highest BCUT2D eigenvalue weighted by Gasteiger charge is 2.42. The first-order chi connectivity index (χ1) is 11.5. The topological polar surface area (TPSA) is 12.0 Å². The van der Waals surface area contributed by atoms with E-state index in [0.29, 0.717) is 31.3 Å². The normalized spacial score (nSPS) is 24.5. The van der Waals surface area contributed by atoms with Gasteiger partial charge in [0.15, 0.2) is 0 Å². The first-order valence-corrected chi connectivity index (χ1v) is 9.04. The molecule has 1 nitrogen and oxygen atoms in total. The van der Waals surface area contributed by atoms with E-state index in [9.17, 15) is 4.39 Å². The number of nitrogens with one attached hydrogen (secondary N) is 1. The van der Waals surface area contributed by atoms with Crippen molar-refractivity contribution < 1.29 is 4.39 Å². The summed E-state index contributed by atoms with van der Waals surface area (Å²) >= 11 is 25.3. The molecular weight excluding hydrogens is 391 g/mol. The average Bonchev–Trinajstić information content (AvgIpc) is 3.01. The Bertz CT molecular complexity index is 844. The fraction of sp³-hybridized carbons (Fsp3) is 0.222. The van der Waals surface area contributed by atoms with Crippen molar-refractivity contribution in [2.24, 2.45) is 5.92 Å². The Morgan fingerprint density at radius 2 is 1.79 bits per heavy atom. The highest BCUT2D eigenvalue weighted by atomic mass is 35.5. The number of halogens is 5. The van der Waals surface area contributed by atoms with E-state index in [2.05, 4.69) is 17.5 Å². The molecule has 2 aromatic carbocycles. The molecule has 1 heterocycles. The summed E-state index contributed by atoms with van der Waals surface area (Å²) in [6.07, 6.45) is 4.97. The van der Waals surface area contributed by atoms with Gasteiger partial charge in [0, 0.05) is 22.1 Å². The molecule has 1 N–H and O–H groups in total. The standard InChI is InChI=1S/C18H12Cl4FN/c19-10-5-2-6-13(23)15(10)17-9-4-1-3-8(9)14-16(22)11(20)7-12(21)18(14)24-17/h1-3,5-9,17,24H,4H2/t8-,9+,17-/m1/s1. The highest BCUT2D eigenvalue weighted by molar-refractivity contribution is 6.44. The van der Waals surface area contributed by atoms with E-state index in [0.717, 1.165) is 12.0 Å². The van der Waals surface area contributed by atoms with Gasteiger partial charge in [0.05, 0.1) is 26.8 Å². The minimum atomic E-state index is -0.328. The quantitative estimate of drug-likeness (QED) is 0.390. The SMILES string of the molecule is Fc1cccc(Cl)c1[C@@H]1Nc2c(Cl)cc(Cl)c(Cl)c2[C@@H]2C=CC[C@@H]21. The van der Waals surface area contributed by atoms with Crippen LogP contribution in [0.2, 0.25) is 20.1 Å². The van der Waals surface area contributed by atoms with Crippen LogP contribution in [0.25, 0.3) is 0 Å². The van der Waals surface area contributed by atoms with E-state index < -0.39 is 0 Å². The lowest BCUT2D eigenvalue weighted by molar-refractivity contribution is 0.413. The molecule has 2 aromatic rings. The van der Waals surface area contributed by atoms with Crippen LogP contribution >= 0.6 is 46.4 Å². The lowest BCUT2D eigenvalue weighted by Gasteiger charge is -2.39. The van der Waals surface area contributed by atoms with Crippen LogP contribution in [0.4, 0.5) is 10.1 Å². The molecule has 0 saturated carbocycles. The maximum Gasteiger partial charge on any atom is 0.129 e. The molecule has 4 rings (SSSR count). The Morgan fingerprint density at radius 3 is 2.54 bits per heavy atom. The monoisotopic (exact) mass is 401 g/mol. The molecule has 0 fully saturated rings. The maximum atomic E-state index is 14.5. The second kappa shape index (κ2) is 6.10. The number of fused-ring (bicyclic) bond motifs is 3. The van der Waals surface area contributed by atoms with Crippen LogP contribution in [0, 0.1) is 11.7 Å². The molecule has 0 saturated heterocycles. The fourth-order valence-corrected chi connectivity index (χ4v) is 4.84. The number of hydrogen-bond acceptors (Lipinski definition) is 1. The largest absolute Gasteiger partial charge is 0.376 e. The van der Waals surface area contributed by atoms with Gasteiger partial charge in [-0.2, -0.15) is 0 Å².